The van der Waals surface area contributed by atoms with E-state index in [9.17, 15) is 0 Å². The van der Waals surface area contributed by atoms with Gasteiger partial charge in [0.05, 0.1) is 8.07 Å². The Morgan fingerprint density at radius 1 is 1.00 bits per heavy atom. The van der Waals surface area contributed by atoms with Gasteiger partial charge in [0.2, 0.25) is 0 Å². The Kier molecular flexibility index (Phi) is 5.10. The van der Waals surface area contributed by atoms with Crippen molar-refractivity contribution < 1.29 is 0 Å². The van der Waals surface area contributed by atoms with Crippen LogP contribution in [0.3, 0.4) is 0 Å². The summed E-state index contributed by atoms with van der Waals surface area (Å²) in [6, 6.07) is 11.0. The zero-order valence-corrected chi connectivity index (χ0v) is 16.3. The van der Waals surface area contributed by atoms with Crippen LogP contribution in [-0.4, -0.2) is 16.1 Å². The molecule has 0 heterocycles. The van der Waals surface area contributed by atoms with Gasteiger partial charge >= 0.3 is 0 Å². The molecular weight excluding hydrogens is 284 g/mol. The quantitative estimate of drug-likeness (QED) is 0.661. The predicted molar refractivity (Wildman–Crippen MR) is 101 cm³/mol. The summed E-state index contributed by atoms with van der Waals surface area (Å²) in [6.45, 7) is 12.2. The van der Waals surface area contributed by atoms with Gasteiger partial charge in [-0.25, -0.2) is 0 Å². The molecular formula is C19H30Si2. The van der Waals surface area contributed by atoms with Gasteiger partial charge in [-0.1, -0.05) is 91.3 Å². The molecule has 0 N–H and O–H groups in total. The first-order valence-electron chi connectivity index (χ1n) is 8.24. The molecule has 0 aliphatic heterocycles. The van der Waals surface area contributed by atoms with Crippen molar-refractivity contribution in [3.63, 3.8) is 0 Å². The minimum Gasteiger partial charge on any atom is -0.0952 e. The molecule has 0 bridgehead atoms. The van der Waals surface area contributed by atoms with Crippen molar-refractivity contribution >= 4 is 21.3 Å². The lowest BCUT2D eigenvalue weighted by molar-refractivity contribution is 0.766. The molecule has 0 spiro atoms. The van der Waals surface area contributed by atoms with Gasteiger partial charge in [-0.05, 0) is 25.2 Å². The van der Waals surface area contributed by atoms with Crippen LogP contribution in [0, 0.1) is 5.92 Å². The van der Waals surface area contributed by atoms with Crippen LogP contribution in [0.25, 0.3) is 0 Å². The highest BCUT2D eigenvalue weighted by atomic mass is 28.3. The molecule has 0 nitrogen and oxygen atoms in total. The Balaban J connectivity index is 2.15. The average molecular weight is 315 g/mol. The largest absolute Gasteiger partial charge is 0.103 e. The zero-order valence-electron chi connectivity index (χ0n) is 14.3. The highest BCUT2D eigenvalue weighted by molar-refractivity contribution is 6.93. The van der Waals surface area contributed by atoms with Gasteiger partial charge in [0, 0.05) is 0 Å². The smallest absolute Gasteiger partial charge is 0.0952 e. The predicted octanol–water partition coefficient (Wildman–Crippen LogP) is 5.30. The van der Waals surface area contributed by atoms with Crippen LogP contribution in [0.2, 0.25) is 32.7 Å². The lowest BCUT2D eigenvalue weighted by Crippen LogP contribution is -2.39. The first kappa shape index (κ1) is 16.5. The molecule has 2 rings (SSSR count). The Morgan fingerprint density at radius 2 is 1.67 bits per heavy atom. The highest BCUT2D eigenvalue weighted by Crippen LogP contribution is 2.33. The Bertz CT molecular complexity index is 518. The third kappa shape index (κ3) is 4.82. The molecule has 1 atom stereocenters. The molecule has 2 heteroatoms. The van der Waals surface area contributed by atoms with E-state index in [4.69, 9.17) is 0 Å². The summed E-state index contributed by atoms with van der Waals surface area (Å²) in [5.41, 5.74) is 6.94. The van der Waals surface area contributed by atoms with Crippen LogP contribution < -0.4 is 5.19 Å². The molecule has 1 fully saturated rings. The summed E-state index contributed by atoms with van der Waals surface area (Å²) in [7, 11) is -2.52. The van der Waals surface area contributed by atoms with Crippen LogP contribution in [0.1, 0.15) is 19.3 Å². The maximum atomic E-state index is 2.64. The van der Waals surface area contributed by atoms with Gasteiger partial charge in [0.1, 0.15) is 8.07 Å². The van der Waals surface area contributed by atoms with Crippen molar-refractivity contribution in [1.29, 1.82) is 0 Å². The standard InChI is InChI=1S/C19H30Si2/c1-20(2,3)16-18-11-9-10-17(18)14-15-21(4,5)19-12-7-6-8-13-19/h6-8,12-17H,9-11H2,1-5H3/b15-14+,18-16+. The van der Waals surface area contributed by atoms with Gasteiger partial charge in [0.25, 0.3) is 0 Å². The lowest BCUT2D eigenvalue weighted by Gasteiger charge is -2.20. The second-order valence-corrected chi connectivity index (χ2v) is 17.4. The maximum absolute atomic E-state index is 2.64. The van der Waals surface area contributed by atoms with E-state index in [1.165, 1.54) is 24.4 Å². The molecule has 1 aliphatic rings. The van der Waals surface area contributed by atoms with E-state index in [2.05, 4.69) is 80.5 Å². The molecule has 1 unspecified atom stereocenters. The fraction of sp³-hybridized carbons (Fsp3) is 0.474. The molecule has 1 aliphatic carbocycles. The summed E-state index contributed by atoms with van der Waals surface area (Å²) in [4.78, 5) is 0. The Morgan fingerprint density at radius 3 is 2.29 bits per heavy atom. The van der Waals surface area contributed by atoms with E-state index in [1.54, 1.807) is 5.57 Å². The van der Waals surface area contributed by atoms with E-state index in [0.717, 1.165) is 0 Å². The highest BCUT2D eigenvalue weighted by Gasteiger charge is 2.24. The van der Waals surface area contributed by atoms with Gasteiger partial charge in [-0.2, -0.15) is 0 Å². The van der Waals surface area contributed by atoms with Crippen LogP contribution in [-0.2, 0) is 0 Å². The minimum atomic E-state index is -1.43. The van der Waals surface area contributed by atoms with Crippen molar-refractivity contribution in [3.05, 3.63) is 53.4 Å². The molecule has 0 radical (unpaired) electrons. The second kappa shape index (κ2) is 6.49. The number of benzene rings is 1. The van der Waals surface area contributed by atoms with Crippen molar-refractivity contribution in [3.8, 4) is 0 Å². The van der Waals surface area contributed by atoms with Crippen LogP contribution in [0.15, 0.2) is 53.4 Å². The Labute approximate surface area is 133 Å². The summed E-state index contributed by atoms with van der Waals surface area (Å²) in [5.74, 6) is 0.715. The third-order valence-corrected chi connectivity index (χ3v) is 8.42. The van der Waals surface area contributed by atoms with Crippen molar-refractivity contribution in [2.75, 3.05) is 0 Å². The molecule has 114 valence electrons. The molecule has 0 aromatic heterocycles. The maximum Gasteiger partial charge on any atom is 0.103 e. The van der Waals surface area contributed by atoms with Crippen molar-refractivity contribution in [1.82, 2.24) is 0 Å². The number of rotatable bonds is 4. The molecule has 1 aromatic rings. The molecule has 1 aromatic carbocycles. The third-order valence-electron chi connectivity index (χ3n) is 4.34. The second-order valence-electron chi connectivity index (χ2n) is 8.03. The Hall–Kier alpha value is -0.866. The van der Waals surface area contributed by atoms with E-state index in [1.807, 2.05) is 0 Å². The van der Waals surface area contributed by atoms with Crippen molar-refractivity contribution in [2.24, 2.45) is 5.92 Å². The van der Waals surface area contributed by atoms with E-state index < -0.39 is 16.1 Å². The fourth-order valence-corrected chi connectivity index (χ4v) is 6.60. The summed E-state index contributed by atoms with van der Waals surface area (Å²) in [5, 5.41) is 1.54. The monoisotopic (exact) mass is 314 g/mol. The van der Waals surface area contributed by atoms with E-state index in [-0.39, 0.29) is 0 Å². The molecule has 1 saturated carbocycles. The summed E-state index contributed by atoms with van der Waals surface area (Å²) < 4.78 is 0. The van der Waals surface area contributed by atoms with Gasteiger partial charge in [-0.3, -0.25) is 0 Å². The van der Waals surface area contributed by atoms with Gasteiger partial charge < -0.3 is 0 Å². The van der Waals surface area contributed by atoms with Gasteiger partial charge in [0.15, 0.2) is 0 Å². The number of hydrogen-bond donors (Lipinski definition) is 0. The first-order valence-corrected chi connectivity index (χ1v) is 14.9. The van der Waals surface area contributed by atoms with E-state index in [0.29, 0.717) is 5.92 Å². The zero-order chi connectivity index (χ0) is 15.5. The SMILES string of the molecule is C[Si](C)(C)/C=C1\CCCC1/C=C/[Si](C)(C)c1ccccc1. The molecule has 0 amide bonds. The normalized spacial score (nSPS) is 22.3. The average Bonchev–Trinajstić information content (AvgIpc) is 2.83. The van der Waals surface area contributed by atoms with Gasteiger partial charge in [-0.15, -0.1) is 0 Å². The summed E-state index contributed by atoms with van der Waals surface area (Å²) in [6.07, 6.45) is 6.59. The number of hydrogen-bond acceptors (Lipinski definition) is 0. The molecule has 21 heavy (non-hydrogen) atoms. The van der Waals surface area contributed by atoms with Crippen LogP contribution in [0.5, 0.6) is 0 Å². The number of allylic oxidation sites excluding steroid dienone is 2. The lowest BCUT2D eigenvalue weighted by atomic mass is 10.1. The first-order chi connectivity index (χ1) is 9.78. The fourth-order valence-electron chi connectivity index (χ4n) is 3.17. The molecule has 0 saturated heterocycles. The summed E-state index contributed by atoms with van der Waals surface area (Å²) >= 11 is 0. The van der Waals surface area contributed by atoms with Crippen LogP contribution >= 0.6 is 0 Å². The topological polar surface area (TPSA) is 0 Å². The minimum absolute atomic E-state index is 0.715. The van der Waals surface area contributed by atoms with Crippen LogP contribution in [0.4, 0.5) is 0 Å². The van der Waals surface area contributed by atoms with E-state index >= 15 is 0 Å². The van der Waals surface area contributed by atoms with Crippen molar-refractivity contribution in [2.45, 2.75) is 52.0 Å².